The van der Waals surface area contributed by atoms with Crippen molar-refractivity contribution in [1.29, 1.82) is 0 Å². The highest BCUT2D eigenvalue weighted by molar-refractivity contribution is 5.24. The fourth-order valence-corrected chi connectivity index (χ4v) is 1.93. The molecule has 0 atom stereocenters. The average Bonchev–Trinajstić information content (AvgIpc) is 2.91. The van der Waals surface area contributed by atoms with Crippen LogP contribution in [0, 0.1) is 19.8 Å². The number of aliphatic hydroxyl groups excluding tert-OH is 1. The molecule has 0 radical (unpaired) electrons. The molecule has 3 nitrogen and oxygen atoms in total. The van der Waals surface area contributed by atoms with Gasteiger partial charge in [-0.2, -0.15) is 5.10 Å². The van der Waals surface area contributed by atoms with E-state index in [4.69, 9.17) is 5.11 Å². The lowest BCUT2D eigenvalue weighted by Gasteiger charge is -2.03. The first-order chi connectivity index (χ1) is 6.72. The molecule has 1 saturated carbocycles. The van der Waals surface area contributed by atoms with Crippen molar-refractivity contribution in [2.24, 2.45) is 5.92 Å². The molecule has 1 aliphatic carbocycles. The number of rotatable bonds is 4. The lowest BCUT2D eigenvalue weighted by molar-refractivity contribution is 0.299. The molecule has 1 aromatic rings. The molecular formula is C11H18N2O. The predicted octanol–water partition coefficient (Wildman–Crippen LogP) is 1.44. The van der Waals surface area contributed by atoms with E-state index >= 15 is 0 Å². The summed E-state index contributed by atoms with van der Waals surface area (Å²) < 4.78 is 2.11. The van der Waals surface area contributed by atoms with Crippen LogP contribution in [-0.2, 0) is 13.0 Å². The number of aromatic nitrogens is 2. The fourth-order valence-electron chi connectivity index (χ4n) is 1.93. The van der Waals surface area contributed by atoms with Gasteiger partial charge in [-0.15, -0.1) is 0 Å². The van der Waals surface area contributed by atoms with E-state index in [1.165, 1.54) is 24.1 Å². The van der Waals surface area contributed by atoms with E-state index in [2.05, 4.69) is 16.7 Å². The lowest BCUT2D eigenvalue weighted by Crippen LogP contribution is -2.04. The van der Waals surface area contributed by atoms with Gasteiger partial charge in [0.25, 0.3) is 0 Å². The molecule has 0 bridgehead atoms. The average molecular weight is 194 g/mol. The van der Waals surface area contributed by atoms with Crippen LogP contribution in [0.15, 0.2) is 0 Å². The van der Waals surface area contributed by atoms with Crippen molar-refractivity contribution in [3.63, 3.8) is 0 Å². The summed E-state index contributed by atoms with van der Waals surface area (Å²) in [5.74, 6) is 0.856. The van der Waals surface area contributed by atoms with E-state index in [0.717, 1.165) is 24.6 Å². The van der Waals surface area contributed by atoms with Crippen LogP contribution in [0.2, 0.25) is 0 Å². The van der Waals surface area contributed by atoms with E-state index < -0.39 is 0 Å². The van der Waals surface area contributed by atoms with Gasteiger partial charge in [0.05, 0.1) is 5.69 Å². The molecule has 1 heterocycles. The molecule has 1 N–H and O–H groups in total. The predicted molar refractivity (Wildman–Crippen MR) is 55.2 cm³/mol. The molecule has 78 valence electrons. The Bertz CT molecular complexity index is 326. The van der Waals surface area contributed by atoms with Crippen molar-refractivity contribution in [3.05, 3.63) is 17.0 Å². The van der Waals surface area contributed by atoms with Crippen molar-refractivity contribution in [3.8, 4) is 0 Å². The third-order valence-corrected chi connectivity index (χ3v) is 3.02. The van der Waals surface area contributed by atoms with Crippen molar-refractivity contribution in [1.82, 2.24) is 9.78 Å². The first kappa shape index (κ1) is 9.71. The highest BCUT2D eigenvalue weighted by Gasteiger charge is 2.23. The van der Waals surface area contributed by atoms with Gasteiger partial charge in [-0.3, -0.25) is 4.68 Å². The van der Waals surface area contributed by atoms with E-state index in [0.29, 0.717) is 0 Å². The summed E-state index contributed by atoms with van der Waals surface area (Å²) >= 11 is 0. The molecule has 0 saturated heterocycles. The minimum absolute atomic E-state index is 0.219. The molecule has 3 heteroatoms. The van der Waals surface area contributed by atoms with Crippen LogP contribution in [0.4, 0.5) is 0 Å². The summed E-state index contributed by atoms with van der Waals surface area (Å²) in [6.07, 6.45) is 3.45. The summed E-state index contributed by atoms with van der Waals surface area (Å²) in [5, 5.41) is 13.4. The van der Waals surface area contributed by atoms with Crippen LogP contribution >= 0.6 is 0 Å². The topological polar surface area (TPSA) is 38.0 Å². The number of hydrogen-bond donors (Lipinski definition) is 1. The summed E-state index contributed by atoms with van der Waals surface area (Å²) in [5.41, 5.74) is 3.55. The Balaban J connectivity index is 2.18. The SMILES string of the molecule is Cc1nn(CC2CC2)c(C)c1CCO. The number of aryl methyl sites for hydroxylation is 1. The maximum atomic E-state index is 8.94. The van der Waals surface area contributed by atoms with Crippen molar-refractivity contribution < 1.29 is 5.11 Å². The van der Waals surface area contributed by atoms with Gasteiger partial charge in [-0.25, -0.2) is 0 Å². The molecule has 1 aliphatic rings. The summed E-state index contributed by atoms with van der Waals surface area (Å²) in [4.78, 5) is 0. The molecular weight excluding hydrogens is 176 g/mol. The smallest absolute Gasteiger partial charge is 0.0629 e. The highest BCUT2D eigenvalue weighted by atomic mass is 16.2. The zero-order valence-electron chi connectivity index (χ0n) is 8.95. The van der Waals surface area contributed by atoms with E-state index in [1.54, 1.807) is 0 Å². The maximum absolute atomic E-state index is 8.94. The Hall–Kier alpha value is -0.830. The Morgan fingerprint density at radius 3 is 2.71 bits per heavy atom. The molecule has 1 fully saturated rings. The third-order valence-electron chi connectivity index (χ3n) is 3.02. The molecule has 0 aliphatic heterocycles. The first-order valence-corrected chi connectivity index (χ1v) is 5.36. The minimum atomic E-state index is 0.219. The van der Waals surface area contributed by atoms with Crippen LogP contribution in [0.3, 0.4) is 0 Å². The summed E-state index contributed by atoms with van der Waals surface area (Å²) in [7, 11) is 0. The normalized spacial score (nSPS) is 16.2. The molecule has 14 heavy (non-hydrogen) atoms. The van der Waals surface area contributed by atoms with Gasteiger partial charge >= 0.3 is 0 Å². The second-order valence-corrected chi connectivity index (χ2v) is 4.25. The van der Waals surface area contributed by atoms with Crippen molar-refractivity contribution in [2.75, 3.05) is 6.61 Å². The van der Waals surface area contributed by atoms with E-state index in [9.17, 15) is 0 Å². The monoisotopic (exact) mass is 194 g/mol. The molecule has 0 aromatic carbocycles. The molecule has 0 spiro atoms. The van der Waals surface area contributed by atoms with Gasteiger partial charge in [0.15, 0.2) is 0 Å². The van der Waals surface area contributed by atoms with Gasteiger partial charge in [-0.1, -0.05) is 0 Å². The highest BCUT2D eigenvalue weighted by Crippen LogP contribution is 2.31. The van der Waals surface area contributed by atoms with Crippen molar-refractivity contribution in [2.45, 2.75) is 39.7 Å². The first-order valence-electron chi connectivity index (χ1n) is 5.36. The van der Waals surface area contributed by atoms with E-state index in [-0.39, 0.29) is 6.61 Å². The molecule has 0 unspecified atom stereocenters. The minimum Gasteiger partial charge on any atom is -0.396 e. The Kier molecular flexibility index (Phi) is 2.59. The lowest BCUT2D eigenvalue weighted by atomic mass is 10.1. The van der Waals surface area contributed by atoms with Crippen LogP contribution in [-0.4, -0.2) is 21.5 Å². The summed E-state index contributed by atoms with van der Waals surface area (Å²) in [6.45, 7) is 5.42. The molecule has 0 amide bonds. The maximum Gasteiger partial charge on any atom is 0.0629 e. The second-order valence-electron chi connectivity index (χ2n) is 4.25. The van der Waals surface area contributed by atoms with Gasteiger partial charge < -0.3 is 5.11 Å². The Morgan fingerprint density at radius 1 is 1.43 bits per heavy atom. The van der Waals surface area contributed by atoms with Crippen LogP contribution in [0.1, 0.15) is 29.8 Å². The van der Waals surface area contributed by atoms with Crippen LogP contribution < -0.4 is 0 Å². The van der Waals surface area contributed by atoms with Crippen molar-refractivity contribution >= 4 is 0 Å². The Labute approximate surface area is 84.7 Å². The zero-order valence-corrected chi connectivity index (χ0v) is 8.95. The van der Waals surface area contributed by atoms with Crippen LogP contribution in [0.5, 0.6) is 0 Å². The van der Waals surface area contributed by atoms with Gasteiger partial charge in [-0.05, 0) is 44.6 Å². The number of nitrogens with zero attached hydrogens (tertiary/aromatic N) is 2. The van der Waals surface area contributed by atoms with Gasteiger partial charge in [0.2, 0.25) is 0 Å². The molecule has 1 aromatic heterocycles. The van der Waals surface area contributed by atoms with Crippen LogP contribution in [0.25, 0.3) is 0 Å². The quantitative estimate of drug-likeness (QED) is 0.787. The second kappa shape index (κ2) is 3.73. The standard InChI is InChI=1S/C11H18N2O/c1-8-11(5-6-14)9(2)13(12-8)7-10-3-4-10/h10,14H,3-7H2,1-2H3. The zero-order chi connectivity index (χ0) is 10.1. The van der Waals surface area contributed by atoms with E-state index in [1.807, 2.05) is 6.92 Å². The largest absolute Gasteiger partial charge is 0.396 e. The van der Waals surface area contributed by atoms with Gasteiger partial charge in [0, 0.05) is 18.8 Å². The number of aliphatic hydroxyl groups is 1. The van der Waals surface area contributed by atoms with Gasteiger partial charge in [0.1, 0.15) is 0 Å². The number of hydrogen-bond acceptors (Lipinski definition) is 2. The summed E-state index contributed by atoms with van der Waals surface area (Å²) in [6, 6.07) is 0. The fraction of sp³-hybridized carbons (Fsp3) is 0.727. The molecule has 2 rings (SSSR count). The third kappa shape index (κ3) is 1.82. The Morgan fingerprint density at radius 2 is 2.14 bits per heavy atom.